The number of thioether (sulfide) groups is 1. The molecule has 2 aliphatic heterocycles. The second-order valence-electron chi connectivity index (χ2n) is 4.00. The molecule has 2 aliphatic rings. The molecule has 0 saturated carbocycles. The Morgan fingerprint density at radius 1 is 1.64 bits per heavy atom. The molecule has 2 fully saturated rings. The van der Waals surface area contributed by atoms with E-state index in [1.165, 1.54) is 4.90 Å². The van der Waals surface area contributed by atoms with Crippen LogP contribution < -0.4 is 0 Å². The third-order valence-electron chi connectivity index (χ3n) is 2.61. The van der Waals surface area contributed by atoms with Gasteiger partial charge in [-0.25, -0.2) is 4.79 Å². The van der Waals surface area contributed by atoms with Crippen LogP contribution in [0.1, 0.15) is 13.8 Å². The number of carboxylic acid groups (broad SMARTS) is 1. The van der Waals surface area contributed by atoms with E-state index in [0.29, 0.717) is 0 Å². The van der Waals surface area contributed by atoms with E-state index in [2.05, 4.69) is 15.9 Å². The van der Waals surface area contributed by atoms with Gasteiger partial charge in [-0.2, -0.15) is 0 Å². The summed E-state index contributed by atoms with van der Waals surface area (Å²) < 4.78 is -0.408. The number of halogens is 1. The molecule has 1 N–H and O–H groups in total. The highest BCUT2D eigenvalue weighted by atomic mass is 79.9. The lowest BCUT2D eigenvalue weighted by Gasteiger charge is -2.40. The minimum Gasteiger partial charge on any atom is -0.480 e. The van der Waals surface area contributed by atoms with Gasteiger partial charge in [0.2, 0.25) is 5.91 Å². The molecule has 14 heavy (non-hydrogen) atoms. The smallest absolute Gasteiger partial charge is 0.327 e. The van der Waals surface area contributed by atoms with E-state index in [4.69, 9.17) is 5.11 Å². The van der Waals surface area contributed by atoms with Gasteiger partial charge in [-0.05, 0) is 13.8 Å². The maximum Gasteiger partial charge on any atom is 0.327 e. The van der Waals surface area contributed by atoms with Gasteiger partial charge in [0, 0.05) is 4.75 Å². The molecule has 0 bridgehead atoms. The number of amides is 1. The van der Waals surface area contributed by atoms with Gasteiger partial charge in [0.25, 0.3) is 0 Å². The lowest BCUT2D eigenvalue weighted by molar-refractivity contribution is -0.156. The van der Waals surface area contributed by atoms with Crippen LogP contribution in [0.3, 0.4) is 0 Å². The number of rotatable bonds is 1. The minimum atomic E-state index is -0.919. The second kappa shape index (κ2) is 2.88. The van der Waals surface area contributed by atoms with Crippen molar-refractivity contribution in [2.24, 2.45) is 0 Å². The molecule has 0 aromatic heterocycles. The molecule has 1 unspecified atom stereocenters. The van der Waals surface area contributed by atoms with Gasteiger partial charge in [-0.1, -0.05) is 15.9 Å². The third kappa shape index (κ3) is 1.13. The zero-order chi connectivity index (χ0) is 10.7. The Morgan fingerprint density at radius 2 is 2.21 bits per heavy atom. The van der Waals surface area contributed by atoms with Crippen LogP contribution in [0.25, 0.3) is 0 Å². The molecular weight excluding hydrogens is 270 g/mol. The Labute approximate surface area is 94.1 Å². The number of nitrogens with zero attached hydrogens (tertiary/aromatic N) is 1. The molecule has 0 spiro atoms. The van der Waals surface area contributed by atoms with Gasteiger partial charge in [-0.15, -0.1) is 11.8 Å². The summed E-state index contributed by atoms with van der Waals surface area (Å²) in [6.45, 7) is 3.73. The Morgan fingerprint density at radius 3 is 2.71 bits per heavy atom. The van der Waals surface area contributed by atoms with Crippen LogP contribution in [-0.2, 0) is 9.59 Å². The van der Waals surface area contributed by atoms with E-state index in [9.17, 15) is 9.59 Å². The van der Waals surface area contributed by atoms with Crippen molar-refractivity contribution in [2.45, 2.75) is 34.8 Å². The maximum atomic E-state index is 11.4. The Kier molecular flexibility index (Phi) is 2.12. The number of β-lactam (4-membered cyclic amide) rings is 1. The zero-order valence-electron chi connectivity index (χ0n) is 7.73. The molecular formula is C8H10BrNO3S. The fourth-order valence-corrected chi connectivity index (χ4v) is 4.32. The molecule has 3 atom stereocenters. The minimum absolute atomic E-state index is 0.0152. The quantitative estimate of drug-likeness (QED) is 0.572. The first-order valence-corrected chi connectivity index (χ1v) is 6.02. The first-order chi connectivity index (χ1) is 6.36. The van der Waals surface area contributed by atoms with Crippen LogP contribution in [0.15, 0.2) is 0 Å². The number of alkyl halides is 1. The Bertz CT molecular complexity index is 320. The SMILES string of the molecule is CC1(C)S[C@@H]2[C@@H](Br)C(=O)N2C1C(=O)O. The topological polar surface area (TPSA) is 57.6 Å². The molecule has 4 nitrogen and oxygen atoms in total. The van der Waals surface area contributed by atoms with Crippen molar-refractivity contribution in [2.75, 3.05) is 0 Å². The number of aliphatic carboxylic acids is 1. The van der Waals surface area contributed by atoms with Gasteiger partial charge in [0.05, 0.1) is 0 Å². The molecule has 0 aromatic rings. The van der Waals surface area contributed by atoms with Crippen molar-refractivity contribution >= 4 is 39.6 Å². The van der Waals surface area contributed by atoms with E-state index in [-0.39, 0.29) is 16.1 Å². The van der Waals surface area contributed by atoms with Crippen molar-refractivity contribution in [1.29, 1.82) is 0 Å². The van der Waals surface area contributed by atoms with Crippen LogP contribution in [0, 0.1) is 0 Å². The second-order valence-corrected chi connectivity index (χ2v) is 6.76. The summed E-state index contributed by atoms with van der Waals surface area (Å²) in [4.78, 5) is 23.7. The molecule has 2 saturated heterocycles. The van der Waals surface area contributed by atoms with E-state index in [1.54, 1.807) is 11.8 Å². The average molecular weight is 280 g/mol. The highest BCUT2D eigenvalue weighted by molar-refractivity contribution is 9.10. The zero-order valence-corrected chi connectivity index (χ0v) is 10.1. The van der Waals surface area contributed by atoms with Gasteiger partial charge >= 0.3 is 5.97 Å². The highest BCUT2D eigenvalue weighted by Crippen LogP contribution is 2.52. The molecule has 2 heterocycles. The number of carbonyl (C=O) groups is 2. The van der Waals surface area contributed by atoms with Gasteiger partial charge < -0.3 is 10.0 Å². The molecule has 0 aliphatic carbocycles. The summed E-state index contributed by atoms with van der Waals surface area (Å²) >= 11 is 4.80. The van der Waals surface area contributed by atoms with Crippen LogP contribution in [-0.4, -0.2) is 42.9 Å². The van der Waals surface area contributed by atoms with Crippen LogP contribution in [0.4, 0.5) is 0 Å². The van der Waals surface area contributed by atoms with Crippen LogP contribution in [0.2, 0.25) is 0 Å². The molecule has 1 amide bonds. The maximum absolute atomic E-state index is 11.4. The van der Waals surface area contributed by atoms with Crippen molar-refractivity contribution in [1.82, 2.24) is 4.90 Å². The first kappa shape index (κ1) is 10.3. The Balaban J connectivity index is 2.32. The lowest BCUT2D eigenvalue weighted by Crippen LogP contribution is -2.63. The summed E-state index contributed by atoms with van der Waals surface area (Å²) in [5, 5.41) is 9.04. The fourth-order valence-electron chi connectivity index (χ4n) is 1.97. The summed E-state index contributed by atoms with van der Waals surface area (Å²) in [6, 6.07) is -0.696. The largest absolute Gasteiger partial charge is 0.480 e. The van der Waals surface area contributed by atoms with Gasteiger partial charge in [-0.3, -0.25) is 4.79 Å². The lowest BCUT2D eigenvalue weighted by atomic mass is 9.98. The van der Waals surface area contributed by atoms with Crippen molar-refractivity contribution in [3.8, 4) is 0 Å². The summed E-state index contributed by atoms with van der Waals surface area (Å²) in [5.74, 6) is -1.03. The Hall–Kier alpha value is -0.230. The molecule has 0 radical (unpaired) electrons. The van der Waals surface area contributed by atoms with E-state index >= 15 is 0 Å². The monoisotopic (exact) mass is 279 g/mol. The highest BCUT2D eigenvalue weighted by Gasteiger charge is 2.62. The van der Waals surface area contributed by atoms with Crippen molar-refractivity contribution in [3.63, 3.8) is 0 Å². The first-order valence-electron chi connectivity index (χ1n) is 4.23. The summed E-state index contributed by atoms with van der Waals surface area (Å²) in [6.07, 6.45) is 0. The summed E-state index contributed by atoms with van der Waals surface area (Å²) in [7, 11) is 0. The number of hydrogen-bond donors (Lipinski definition) is 1. The predicted octanol–water partition coefficient (Wildman–Crippen LogP) is 0.897. The van der Waals surface area contributed by atoms with Crippen molar-refractivity contribution in [3.05, 3.63) is 0 Å². The molecule has 6 heteroatoms. The van der Waals surface area contributed by atoms with E-state index in [1.807, 2.05) is 13.8 Å². The molecule has 0 aromatic carbocycles. The standard InChI is InChI=1S/C8H10BrNO3S/c1-8(2)4(7(12)13)10-5(11)3(9)6(10)14-8/h3-4,6H,1-2H3,(H,12,13)/t3-,4?,6+/m0/s1. The van der Waals surface area contributed by atoms with Gasteiger partial charge in [0.15, 0.2) is 0 Å². The normalized spacial score (nSPS) is 39.2. The van der Waals surface area contributed by atoms with Crippen LogP contribution in [0.5, 0.6) is 0 Å². The third-order valence-corrected chi connectivity index (χ3v) is 5.42. The molecule has 2 rings (SSSR count). The number of carboxylic acids is 1. The van der Waals surface area contributed by atoms with E-state index < -0.39 is 16.8 Å². The predicted molar refractivity (Wildman–Crippen MR) is 56.4 cm³/mol. The average Bonchev–Trinajstić information content (AvgIpc) is 2.34. The van der Waals surface area contributed by atoms with E-state index in [0.717, 1.165) is 0 Å². The molecule has 78 valence electrons. The number of carbonyl (C=O) groups excluding carboxylic acids is 1. The number of hydrogen-bond acceptors (Lipinski definition) is 3. The van der Waals surface area contributed by atoms with Gasteiger partial charge in [0.1, 0.15) is 16.2 Å². The van der Waals surface area contributed by atoms with Crippen LogP contribution >= 0.6 is 27.7 Å². The summed E-state index contributed by atoms with van der Waals surface area (Å²) in [5.41, 5.74) is 0. The number of fused-ring (bicyclic) bond motifs is 1. The van der Waals surface area contributed by atoms with Crippen molar-refractivity contribution < 1.29 is 14.7 Å². The fraction of sp³-hybridized carbons (Fsp3) is 0.750.